The van der Waals surface area contributed by atoms with Gasteiger partial charge in [0.25, 0.3) is 0 Å². The van der Waals surface area contributed by atoms with E-state index in [9.17, 15) is 29.4 Å². The molecule has 12 nitrogen and oxygen atoms in total. The lowest BCUT2D eigenvalue weighted by Gasteiger charge is -2.25. The first-order valence-electron chi connectivity index (χ1n) is 19.0. The molecular formula is C44H46O12. The molecule has 4 aromatic rings. The molecule has 1 unspecified atom stereocenters. The molecule has 7 rings (SSSR count). The van der Waals surface area contributed by atoms with Gasteiger partial charge in [-0.3, -0.25) is 0 Å². The van der Waals surface area contributed by atoms with Gasteiger partial charge in [-0.15, -0.1) is 0 Å². The fourth-order valence-corrected chi connectivity index (χ4v) is 6.76. The molecule has 2 atom stereocenters. The average molecular weight is 767 g/mol. The first kappa shape index (κ1) is 39.6. The number of hydrogen-bond acceptors (Lipinski definition) is 12. The molecule has 0 aromatic heterocycles. The normalized spacial score (nSPS) is 17.0. The molecule has 0 radical (unpaired) electrons. The Kier molecular flexibility index (Phi) is 13.1. The Labute approximate surface area is 325 Å². The molecule has 2 heterocycles. The molecule has 1 aliphatic carbocycles. The van der Waals surface area contributed by atoms with Crippen molar-refractivity contribution >= 4 is 23.9 Å². The maximum atomic E-state index is 13.6. The number of phenolic OH excluding ortho intramolecular Hbond substituents is 2. The zero-order chi connectivity index (χ0) is 39.6. The maximum Gasteiger partial charge on any atom is 0.352 e. The van der Waals surface area contributed by atoms with E-state index in [-0.39, 0.29) is 50.4 Å². The van der Waals surface area contributed by atoms with Gasteiger partial charge < -0.3 is 38.6 Å². The number of hydrogen-bond donors (Lipinski definition) is 2. The molecule has 0 fully saturated rings. The van der Waals surface area contributed by atoms with Gasteiger partial charge in [-0.2, -0.15) is 0 Å². The number of benzene rings is 4. The first-order chi connectivity index (χ1) is 27.2. The summed E-state index contributed by atoms with van der Waals surface area (Å²) in [6.45, 7) is 2.26. The monoisotopic (exact) mass is 766 g/mol. The van der Waals surface area contributed by atoms with Gasteiger partial charge in [-0.25, -0.2) is 19.2 Å². The van der Waals surface area contributed by atoms with Crippen LogP contribution in [0.3, 0.4) is 0 Å². The predicted octanol–water partition coefficient (Wildman–Crippen LogP) is 6.06. The Bertz CT molecular complexity index is 1840. The summed E-state index contributed by atoms with van der Waals surface area (Å²) in [6.07, 6.45) is -0.884. The molecule has 0 saturated carbocycles. The van der Waals surface area contributed by atoms with Gasteiger partial charge >= 0.3 is 23.9 Å². The van der Waals surface area contributed by atoms with Gasteiger partial charge in [-0.05, 0) is 57.3 Å². The van der Waals surface area contributed by atoms with Crippen molar-refractivity contribution in [2.75, 3.05) is 26.4 Å². The third-order valence-electron chi connectivity index (χ3n) is 9.70. The molecule has 0 amide bonds. The zero-order valence-corrected chi connectivity index (χ0v) is 31.5. The smallest absolute Gasteiger partial charge is 0.352 e. The van der Waals surface area contributed by atoms with E-state index in [4.69, 9.17) is 28.4 Å². The van der Waals surface area contributed by atoms with E-state index in [2.05, 4.69) is 0 Å². The topological polar surface area (TPSA) is 164 Å². The molecule has 12 heteroatoms. The Balaban J connectivity index is 1.52. The minimum Gasteiger partial charge on any atom is -0.507 e. The van der Waals surface area contributed by atoms with Crippen molar-refractivity contribution in [2.45, 2.75) is 77.4 Å². The minimum absolute atomic E-state index is 0.0357. The Morgan fingerprint density at radius 3 is 1.16 bits per heavy atom. The average Bonchev–Trinajstić information content (AvgIpc) is 3.18. The summed E-state index contributed by atoms with van der Waals surface area (Å²) in [6, 6.07) is 21.7. The van der Waals surface area contributed by atoms with Crippen LogP contribution in [0.25, 0.3) is 0 Å². The van der Waals surface area contributed by atoms with Crippen LogP contribution in [-0.4, -0.2) is 72.7 Å². The molecule has 0 saturated heterocycles. The quantitative estimate of drug-likeness (QED) is 0.0814. The predicted molar refractivity (Wildman–Crippen MR) is 203 cm³/mol. The number of carbonyl (C=O) groups is 4. The number of unbranched alkanes of at least 4 members (excludes halogenated alkanes) is 2. The van der Waals surface area contributed by atoms with Crippen LogP contribution >= 0.6 is 0 Å². The number of para-hydroxylation sites is 4. The van der Waals surface area contributed by atoms with Crippen LogP contribution in [0.2, 0.25) is 0 Å². The van der Waals surface area contributed by atoms with E-state index in [1.165, 1.54) is 0 Å². The summed E-state index contributed by atoms with van der Waals surface area (Å²) in [5, 5.41) is 23.3. The number of rotatable bonds is 8. The van der Waals surface area contributed by atoms with Crippen LogP contribution < -0.4 is 9.47 Å². The second-order valence-electron chi connectivity index (χ2n) is 13.8. The summed E-state index contributed by atoms with van der Waals surface area (Å²) >= 11 is 0. The molecular weight excluding hydrogens is 720 g/mol. The van der Waals surface area contributed by atoms with E-state index in [1.54, 1.807) is 24.3 Å². The van der Waals surface area contributed by atoms with Crippen molar-refractivity contribution in [1.82, 2.24) is 0 Å². The van der Waals surface area contributed by atoms with Gasteiger partial charge in [0, 0.05) is 25.7 Å². The van der Waals surface area contributed by atoms with E-state index in [0.29, 0.717) is 81.7 Å². The molecule has 294 valence electrons. The highest BCUT2D eigenvalue weighted by Gasteiger charge is 2.43. The van der Waals surface area contributed by atoms with Crippen molar-refractivity contribution in [2.24, 2.45) is 0 Å². The lowest BCUT2D eigenvalue weighted by atomic mass is 9.91. The van der Waals surface area contributed by atoms with Crippen molar-refractivity contribution in [3.05, 3.63) is 117 Å². The third-order valence-corrected chi connectivity index (χ3v) is 9.70. The highest BCUT2D eigenvalue weighted by molar-refractivity contribution is 5.89. The zero-order valence-electron chi connectivity index (χ0n) is 31.5. The number of ether oxygens (including phenoxy) is 6. The summed E-state index contributed by atoms with van der Waals surface area (Å²) in [7, 11) is 0. The van der Waals surface area contributed by atoms with Crippen molar-refractivity contribution < 1.29 is 57.8 Å². The van der Waals surface area contributed by atoms with Crippen molar-refractivity contribution in [1.29, 1.82) is 0 Å². The summed E-state index contributed by atoms with van der Waals surface area (Å²) in [5.41, 5.74) is 4.83. The summed E-state index contributed by atoms with van der Waals surface area (Å²) < 4.78 is 34.4. The van der Waals surface area contributed by atoms with Gasteiger partial charge in [0.05, 0.1) is 13.2 Å². The molecule has 10 bridgehead atoms. The number of esters is 4. The Hall–Kier alpha value is -6.04. The number of fused-ring (bicyclic) bond motifs is 9. The Morgan fingerprint density at radius 1 is 0.554 bits per heavy atom. The van der Waals surface area contributed by atoms with Crippen LogP contribution in [0.1, 0.15) is 84.0 Å². The molecule has 4 aromatic carbocycles. The summed E-state index contributed by atoms with van der Waals surface area (Å²) in [4.78, 5) is 54.4. The van der Waals surface area contributed by atoms with E-state index in [1.807, 2.05) is 62.4 Å². The van der Waals surface area contributed by atoms with Crippen LogP contribution in [-0.2, 0) is 63.8 Å². The largest absolute Gasteiger partial charge is 0.507 e. The van der Waals surface area contributed by atoms with Gasteiger partial charge in [0.15, 0.2) is 13.2 Å². The van der Waals surface area contributed by atoms with Crippen LogP contribution in [0.4, 0.5) is 0 Å². The molecule has 3 aliphatic rings. The minimum atomic E-state index is -2.03. The fraction of sp³-hybridized carbons (Fsp3) is 0.364. The van der Waals surface area contributed by atoms with E-state index in [0.717, 1.165) is 0 Å². The number of aromatic hydroxyl groups is 2. The summed E-state index contributed by atoms with van der Waals surface area (Å²) in [5.74, 6) is -3.62. The molecule has 2 aliphatic heterocycles. The van der Waals surface area contributed by atoms with Crippen LogP contribution in [0.5, 0.6) is 23.0 Å². The number of carbonyl (C=O) groups excluding carboxylic acids is 4. The van der Waals surface area contributed by atoms with Crippen molar-refractivity contribution in [3.63, 3.8) is 0 Å². The Morgan fingerprint density at radius 2 is 0.857 bits per heavy atom. The SMILES string of the molecule is CCCCOC(=O)C1OC(=O)COc2c3cccc2Cc2cccc(c2O)Cc2cccc(c2OCC(=O)O[C@H]1C(=O)OCCCC)Cc1cccc(c1O)C3. The molecule has 2 N–H and O–H groups in total. The standard InChI is InChI=1S/C44H46O12/c1-3-5-19-51-43(49)41-42(44(50)52-20-6-4-2)56-36(46)26-54-40-33-17-10-18-34(40)24-30-14-8-12-28(38(30)48)22-32-16-9-15-31(39(32)53-25-35(45)55-41)21-27-11-7-13-29(23-33)37(27)47/h7-18,41-42,47-48H,3-6,19-26H2,1-2H3/t41-,42?/m1/s1. The van der Waals surface area contributed by atoms with Crippen LogP contribution in [0, 0.1) is 0 Å². The highest BCUT2D eigenvalue weighted by atomic mass is 16.7. The third kappa shape index (κ3) is 9.42. The lowest BCUT2D eigenvalue weighted by Crippen LogP contribution is -2.48. The van der Waals surface area contributed by atoms with E-state index < -0.39 is 49.3 Å². The van der Waals surface area contributed by atoms with Crippen LogP contribution in [0.15, 0.2) is 72.8 Å². The fourth-order valence-electron chi connectivity index (χ4n) is 6.76. The second-order valence-corrected chi connectivity index (χ2v) is 13.8. The van der Waals surface area contributed by atoms with Gasteiger partial charge in [0.1, 0.15) is 23.0 Å². The molecule has 0 spiro atoms. The lowest BCUT2D eigenvalue weighted by molar-refractivity contribution is -0.193. The number of phenols is 2. The van der Waals surface area contributed by atoms with Gasteiger partial charge in [-0.1, -0.05) is 99.5 Å². The maximum absolute atomic E-state index is 13.6. The molecule has 56 heavy (non-hydrogen) atoms. The van der Waals surface area contributed by atoms with Gasteiger partial charge in [0.2, 0.25) is 12.2 Å². The first-order valence-corrected chi connectivity index (χ1v) is 19.0. The highest BCUT2D eigenvalue weighted by Crippen LogP contribution is 2.38. The van der Waals surface area contributed by atoms with Crippen molar-refractivity contribution in [3.8, 4) is 23.0 Å². The second kappa shape index (κ2) is 18.5. The van der Waals surface area contributed by atoms with E-state index >= 15 is 0 Å².